The minimum absolute atomic E-state index is 0.198. The van der Waals surface area contributed by atoms with Gasteiger partial charge in [0.25, 0.3) is 0 Å². The zero-order valence-corrected chi connectivity index (χ0v) is 13.3. The SMILES string of the molecule is CC(C)C1NC2(CCCC2)C(=O)N1C1CCOC1C1CC1. The lowest BCUT2D eigenvalue weighted by Gasteiger charge is -2.35. The van der Waals surface area contributed by atoms with Crippen LogP contribution in [0.4, 0.5) is 0 Å². The molecule has 2 saturated heterocycles. The molecular weight excluding hydrogens is 264 g/mol. The molecule has 0 aromatic heterocycles. The molecule has 0 bridgehead atoms. The average molecular weight is 292 g/mol. The van der Waals surface area contributed by atoms with Gasteiger partial charge in [0.2, 0.25) is 5.91 Å². The molecule has 0 aromatic rings. The van der Waals surface area contributed by atoms with Crippen LogP contribution < -0.4 is 5.32 Å². The van der Waals surface area contributed by atoms with Crippen molar-refractivity contribution in [3.8, 4) is 0 Å². The molecule has 0 radical (unpaired) electrons. The molecule has 2 saturated carbocycles. The Morgan fingerprint density at radius 3 is 2.57 bits per heavy atom. The number of nitrogens with one attached hydrogen (secondary N) is 1. The number of hydrogen-bond donors (Lipinski definition) is 1. The molecule has 4 heteroatoms. The second-order valence-electron chi connectivity index (χ2n) is 7.86. The normalized spacial score (nSPS) is 39.1. The van der Waals surface area contributed by atoms with Gasteiger partial charge in [-0.15, -0.1) is 0 Å². The first-order valence-electron chi connectivity index (χ1n) is 8.84. The number of amides is 1. The second kappa shape index (κ2) is 4.95. The molecule has 21 heavy (non-hydrogen) atoms. The summed E-state index contributed by atoms with van der Waals surface area (Å²) in [6.45, 7) is 5.29. The highest BCUT2D eigenvalue weighted by Crippen LogP contribution is 2.45. The quantitative estimate of drug-likeness (QED) is 0.867. The molecular formula is C17H28N2O2. The number of nitrogens with zero attached hydrogens (tertiary/aromatic N) is 1. The van der Waals surface area contributed by atoms with Gasteiger partial charge in [-0.25, -0.2) is 0 Å². The molecule has 1 N–H and O–H groups in total. The second-order valence-corrected chi connectivity index (χ2v) is 7.86. The number of carbonyl (C=O) groups is 1. The maximum Gasteiger partial charge on any atom is 0.244 e. The standard InChI is InChI=1S/C17H28N2O2/c1-11(2)15-18-17(8-3-4-9-17)16(20)19(15)13-7-10-21-14(13)12-5-6-12/h11-15,18H,3-10H2,1-2H3. The van der Waals surface area contributed by atoms with Gasteiger partial charge < -0.3 is 9.64 Å². The van der Waals surface area contributed by atoms with Crippen LogP contribution in [0.3, 0.4) is 0 Å². The largest absolute Gasteiger partial charge is 0.376 e. The fourth-order valence-electron chi connectivity index (χ4n) is 4.74. The number of carbonyl (C=O) groups excluding carboxylic acids is 1. The molecule has 4 rings (SSSR count). The summed E-state index contributed by atoms with van der Waals surface area (Å²) in [6.07, 6.45) is 8.50. The van der Waals surface area contributed by atoms with Crippen LogP contribution in [0.15, 0.2) is 0 Å². The Labute approximate surface area is 127 Å². The molecule has 0 aromatic carbocycles. The van der Waals surface area contributed by atoms with Crippen molar-refractivity contribution >= 4 is 5.91 Å². The molecule has 1 amide bonds. The summed E-state index contributed by atoms with van der Waals surface area (Å²) in [7, 11) is 0. The molecule has 2 aliphatic carbocycles. The summed E-state index contributed by atoms with van der Waals surface area (Å²) in [5, 5.41) is 3.74. The molecule has 3 unspecified atom stereocenters. The molecule has 4 nitrogen and oxygen atoms in total. The Hall–Kier alpha value is -0.610. The average Bonchev–Trinajstić information content (AvgIpc) is 2.91. The van der Waals surface area contributed by atoms with Crippen molar-refractivity contribution in [3.05, 3.63) is 0 Å². The van der Waals surface area contributed by atoms with Crippen LogP contribution in [0.1, 0.15) is 58.8 Å². The van der Waals surface area contributed by atoms with Crippen LogP contribution in [0, 0.1) is 11.8 Å². The molecule has 2 heterocycles. The fourth-order valence-corrected chi connectivity index (χ4v) is 4.74. The predicted octanol–water partition coefficient (Wildman–Crippen LogP) is 2.28. The van der Waals surface area contributed by atoms with Crippen LogP contribution in [0.2, 0.25) is 0 Å². The Morgan fingerprint density at radius 1 is 1.24 bits per heavy atom. The highest BCUT2D eigenvalue weighted by molar-refractivity contribution is 5.89. The van der Waals surface area contributed by atoms with E-state index in [0.29, 0.717) is 29.9 Å². The minimum atomic E-state index is -0.244. The van der Waals surface area contributed by atoms with E-state index in [9.17, 15) is 4.79 Å². The van der Waals surface area contributed by atoms with Crippen LogP contribution in [0.5, 0.6) is 0 Å². The Balaban J connectivity index is 1.63. The maximum atomic E-state index is 13.2. The zero-order chi connectivity index (χ0) is 14.6. The number of hydrogen-bond acceptors (Lipinski definition) is 3. The van der Waals surface area contributed by atoms with E-state index in [0.717, 1.165) is 25.9 Å². The van der Waals surface area contributed by atoms with Crippen molar-refractivity contribution in [2.45, 2.75) is 82.6 Å². The fraction of sp³-hybridized carbons (Fsp3) is 0.941. The summed E-state index contributed by atoms with van der Waals surface area (Å²) < 4.78 is 6.01. The topological polar surface area (TPSA) is 41.6 Å². The van der Waals surface area contributed by atoms with E-state index in [1.807, 2.05) is 0 Å². The van der Waals surface area contributed by atoms with Crippen molar-refractivity contribution in [1.82, 2.24) is 10.2 Å². The summed E-state index contributed by atoms with van der Waals surface area (Å²) in [5.41, 5.74) is -0.244. The van der Waals surface area contributed by atoms with E-state index in [1.165, 1.54) is 25.7 Å². The molecule has 2 aliphatic heterocycles. The first kappa shape index (κ1) is 14.0. The van der Waals surface area contributed by atoms with Gasteiger partial charge in [-0.1, -0.05) is 26.7 Å². The van der Waals surface area contributed by atoms with E-state index < -0.39 is 0 Å². The van der Waals surface area contributed by atoms with Gasteiger partial charge in [-0.05, 0) is 43.9 Å². The Morgan fingerprint density at radius 2 is 1.95 bits per heavy atom. The van der Waals surface area contributed by atoms with Gasteiger partial charge in [0.15, 0.2) is 0 Å². The van der Waals surface area contributed by atoms with Crippen LogP contribution in [0.25, 0.3) is 0 Å². The highest BCUT2D eigenvalue weighted by atomic mass is 16.5. The molecule has 3 atom stereocenters. The van der Waals surface area contributed by atoms with E-state index in [2.05, 4.69) is 24.1 Å². The van der Waals surface area contributed by atoms with Crippen molar-refractivity contribution < 1.29 is 9.53 Å². The van der Waals surface area contributed by atoms with Crippen LogP contribution in [-0.2, 0) is 9.53 Å². The Bertz CT molecular complexity index is 427. The maximum absolute atomic E-state index is 13.2. The number of rotatable bonds is 3. The van der Waals surface area contributed by atoms with Gasteiger partial charge in [0.05, 0.1) is 23.9 Å². The first-order chi connectivity index (χ1) is 10.1. The van der Waals surface area contributed by atoms with E-state index in [-0.39, 0.29) is 11.7 Å². The number of ether oxygens (including phenoxy) is 1. The third kappa shape index (κ3) is 2.14. The van der Waals surface area contributed by atoms with Crippen LogP contribution >= 0.6 is 0 Å². The molecule has 118 valence electrons. The Kier molecular flexibility index (Phi) is 3.30. The lowest BCUT2D eigenvalue weighted by atomic mass is 9.96. The minimum Gasteiger partial charge on any atom is -0.376 e. The van der Waals surface area contributed by atoms with Crippen molar-refractivity contribution in [3.63, 3.8) is 0 Å². The molecule has 4 aliphatic rings. The summed E-state index contributed by atoms with van der Waals surface area (Å²) >= 11 is 0. The summed E-state index contributed by atoms with van der Waals surface area (Å²) in [4.78, 5) is 15.4. The zero-order valence-electron chi connectivity index (χ0n) is 13.3. The van der Waals surface area contributed by atoms with Gasteiger partial charge in [-0.3, -0.25) is 10.1 Å². The summed E-state index contributed by atoms with van der Waals surface area (Å²) in [6, 6.07) is 0.310. The third-order valence-electron chi connectivity index (χ3n) is 6.00. The van der Waals surface area contributed by atoms with Gasteiger partial charge in [0.1, 0.15) is 0 Å². The predicted molar refractivity (Wildman–Crippen MR) is 80.7 cm³/mol. The van der Waals surface area contributed by atoms with Gasteiger partial charge in [0, 0.05) is 6.61 Å². The van der Waals surface area contributed by atoms with Crippen molar-refractivity contribution in [2.24, 2.45) is 11.8 Å². The lowest BCUT2D eigenvalue weighted by molar-refractivity contribution is -0.137. The monoisotopic (exact) mass is 292 g/mol. The molecule has 1 spiro atoms. The van der Waals surface area contributed by atoms with Crippen molar-refractivity contribution in [2.75, 3.05) is 6.61 Å². The van der Waals surface area contributed by atoms with Crippen LogP contribution in [-0.4, -0.2) is 41.3 Å². The van der Waals surface area contributed by atoms with Gasteiger partial charge in [-0.2, -0.15) is 0 Å². The smallest absolute Gasteiger partial charge is 0.244 e. The highest BCUT2D eigenvalue weighted by Gasteiger charge is 2.57. The third-order valence-corrected chi connectivity index (χ3v) is 6.00. The van der Waals surface area contributed by atoms with Gasteiger partial charge >= 0.3 is 0 Å². The van der Waals surface area contributed by atoms with E-state index >= 15 is 0 Å². The summed E-state index contributed by atoms with van der Waals surface area (Å²) in [5.74, 6) is 1.53. The van der Waals surface area contributed by atoms with Crippen molar-refractivity contribution in [1.29, 1.82) is 0 Å². The lowest BCUT2D eigenvalue weighted by Crippen LogP contribution is -2.51. The van der Waals surface area contributed by atoms with E-state index in [4.69, 9.17) is 4.74 Å². The molecule has 4 fully saturated rings. The van der Waals surface area contributed by atoms with E-state index in [1.54, 1.807) is 0 Å². The first-order valence-corrected chi connectivity index (χ1v) is 8.84.